The van der Waals surface area contributed by atoms with Crippen LogP contribution in [0, 0.1) is 0 Å². The van der Waals surface area contributed by atoms with E-state index in [9.17, 15) is 19.4 Å². The number of carbonyl (C=O) groups is 3. The standard InChI is InChI=1S/C20H27BO6/c1-3-4-11-26-20(24)18-10-6-8-15-12-16(21(25)27-19(15)18)13-17(23)9-5-7-14(2)22/h6,8,10,16,25H,3-5,7,9,11-13H2,1-2H3/t16-/m1/s1. The van der Waals surface area contributed by atoms with Gasteiger partial charge >= 0.3 is 13.1 Å². The summed E-state index contributed by atoms with van der Waals surface area (Å²) in [5, 5.41) is 10.3. The Kier molecular flexibility index (Phi) is 8.04. The van der Waals surface area contributed by atoms with Crippen molar-refractivity contribution < 1.29 is 28.8 Å². The Labute approximate surface area is 160 Å². The van der Waals surface area contributed by atoms with Gasteiger partial charge in [0.15, 0.2) is 0 Å². The number of ketones is 2. The summed E-state index contributed by atoms with van der Waals surface area (Å²) < 4.78 is 10.8. The number of para-hydroxylation sites is 1. The van der Waals surface area contributed by atoms with E-state index in [2.05, 4.69) is 0 Å². The van der Waals surface area contributed by atoms with E-state index >= 15 is 0 Å². The molecule has 0 aromatic heterocycles. The third-order valence-electron chi connectivity index (χ3n) is 4.65. The molecule has 1 aliphatic heterocycles. The zero-order valence-electron chi connectivity index (χ0n) is 16.0. The smallest absolute Gasteiger partial charge is 0.526 e. The van der Waals surface area contributed by atoms with Crippen molar-refractivity contribution >= 4 is 24.7 Å². The molecule has 0 bridgehead atoms. The fourth-order valence-corrected chi connectivity index (χ4v) is 3.13. The summed E-state index contributed by atoms with van der Waals surface area (Å²) in [5.41, 5.74) is 1.08. The lowest BCUT2D eigenvalue weighted by Crippen LogP contribution is -2.36. The van der Waals surface area contributed by atoms with Crippen LogP contribution in [-0.2, 0) is 20.7 Å². The molecule has 1 heterocycles. The van der Waals surface area contributed by atoms with Crippen molar-refractivity contribution in [2.24, 2.45) is 0 Å². The zero-order valence-corrected chi connectivity index (χ0v) is 16.0. The van der Waals surface area contributed by atoms with Crippen LogP contribution in [-0.4, -0.2) is 36.3 Å². The average Bonchev–Trinajstić information content (AvgIpc) is 2.61. The fraction of sp³-hybridized carbons (Fsp3) is 0.550. The highest BCUT2D eigenvalue weighted by Crippen LogP contribution is 2.36. The predicted octanol–water partition coefficient (Wildman–Crippen LogP) is 3.15. The Bertz CT molecular complexity index is 687. The van der Waals surface area contributed by atoms with Gasteiger partial charge in [0.1, 0.15) is 22.9 Å². The van der Waals surface area contributed by atoms with Gasteiger partial charge in [0.25, 0.3) is 0 Å². The van der Waals surface area contributed by atoms with Crippen LogP contribution in [0.2, 0.25) is 5.82 Å². The lowest BCUT2D eigenvalue weighted by molar-refractivity contribution is -0.119. The minimum Gasteiger partial charge on any atom is -0.535 e. The van der Waals surface area contributed by atoms with Gasteiger partial charge in [-0.15, -0.1) is 0 Å². The molecule has 6 nitrogen and oxygen atoms in total. The number of benzene rings is 1. The minimum atomic E-state index is -1.15. The number of hydrogen-bond acceptors (Lipinski definition) is 6. The molecule has 27 heavy (non-hydrogen) atoms. The number of fused-ring (bicyclic) bond motifs is 1. The van der Waals surface area contributed by atoms with E-state index in [0.717, 1.165) is 18.4 Å². The first-order chi connectivity index (χ1) is 12.9. The summed E-state index contributed by atoms with van der Waals surface area (Å²) in [7, 11) is -1.15. The lowest BCUT2D eigenvalue weighted by Gasteiger charge is -2.28. The van der Waals surface area contributed by atoms with Gasteiger partial charge in [0.05, 0.1) is 6.61 Å². The maximum Gasteiger partial charge on any atom is 0.526 e. The Balaban J connectivity index is 2.00. The molecule has 0 amide bonds. The van der Waals surface area contributed by atoms with Crippen molar-refractivity contribution in [3.63, 3.8) is 0 Å². The first kappa shape index (κ1) is 21.2. The molecule has 7 heteroatoms. The van der Waals surface area contributed by atoms with Crippen molar-refractivity contribution in [1.82, 2.24) is 0 Å². The van der Waals surface area contributed by atoms with Crippen molar-refractivity contribution in [1.29, 1.82) is 0 Å². The third kappa shape index (κ3) is 6.20. The van der Waals surface area contributed by atoms with E-state index in [1.54, 1.807) is 12.1 Å². The van der Waals surface area contributed by atoms with Crippen LogP contribution in [0.25, 0.3) is 0 Å². The number of esters is 1. The second-order valence-corrected chi connectivity index (χ2v) is 7.05. The highest BCUT2D eigenvalue weighted by molar-refractivity contribution is 6.47. The Morgan fingerprint density at radius 2 is 2.04 bits per heavy atom. The highest BCUT2D eigenvalue weighted by atomic mass is 16.5. The van der Waals surface area contributed by atoms with E-state index in [1.165, 1.54) is 6.92 Å². The van der Waals surface area contributed by atoms with E-state index in [4.69, 9.17) is 9.39 Å². The number of Topliss-reactive ketones (excluding diaryl/α,β-unsaturated/α-hetero) is 2. The maximum absolute atomic E-state index is 12.3. The molecule has 0 radical (unpaired) electrons. The molecule has 1 atom stereocenters. The number of rotatable bonds is 10. The van der Waals surface area contributed by atoms with Crippen LogP contribution in [0.3, 0.4) is 0 Å². The molecule has 146 valence electrons. The second kappa shape index (κ2) is 10.3. The van der Waals surface area contributed by atoms with Crippen molar-refractivity contribution in [2.45, 2.75) is 64.6 Å². The van der Waals surface area contributed by atoms with Gasteiger partial charge in [0, 0.05) is 25.1 Å². The van der Waals surface area contributed by atoms with Gasteiger partial charge in [0.2, 0.25) is 0 Å². The van der Waals surface area contributed by atoms with Gasteiger partial charge in [-0.3, -0.25) is 4.79 Å². The molecule has 1 N–H and O–H groups in total. The minimum absolute atomic E-state index is 0.00230. The summed E-state index contributed by atoms with van der Waals surface area (Å²) in [5.74, 6) is -0.426. The molecule has 1 aliphatic rings. The van der Waals surface area contributed by atoms with Crippen LogP contribution in [0.4, 0.5) is 0 Å². The summed E-state index contributed by atoms with van der Waals surface area (Å²) in [6.07, 6.45) is 3.59. The van der Waals surface area contributed by atoms with Crippen molar-refractivity contribution in [3.05, 3.63) is 29.3 Å². The van der Waals surface area contributed by atoms with Gasteiger partial charge < -0.3 is 19.2 Å². The summed E-state index contributed by atoms with van der Waals surface area (Å²) in [4.78, 5) is 35.4. The molecule has 1 aromatic carbocycles. The number of carbonyl (C=O) groups excluding carboxylic acids is 3. The highest BCUT2D eigenvalue weighted by Gasteiger charge is 2.37. The molecule has 2 rings (SSSR count). The lowest BCUT2D eigenvalue weighted by atomic mass is 9.64. The van der Waals surface area contributed by atoms with Crippen molar-refractivity contribution in [2.75, 3.05) is 6.61 Å². The van der Waals surface area contributed by atoms with E-state index in [-0.39, 0.29) is 23.8 Å². The van der Waals surface area contributed by atoms with Gasteiger partial charge in [-0.1, -0.05) is 25.5 Å². The van der Waals surface area contributed by atoms with Crippen molar-refractivity contribution in [3.8, 4) is 5.75 Å². The molecule has 0 saturated heterocycles. The molecular weight excluding hydrogens is 347 g/mol. The van der Waals surface area contributed by atoms with E-state index in [1.807, 2.05) is 13.0 Å². The Hall–Kier alpha value is -2.15. The van der Waals surface area contributed by atoms with E-state index in [0.29, 0.717) is 43.6 Å². The number of hydrogen-bond donors (Lipinski definition) is 1. The molecule has 0 fully saturated rings. The molecular formula is C20H27BO6. The first-order valence-corrected chi connectivity index (χ1v) is 9.57. The largest absolute Gasteiger partial charge is 0.535 e. The van der Waals surface area contributed by atoms with Crippen LogP contribution >= 0.6 is 0 Å². The van der Waals surface area contributed by atoms with Crippen LogP contribution in [0.1, 0.15) is 68.3 Å². The quantitative estimate of drug-likeness (QED) is 0.384. The Morgan fingerprint density at radius 3 is 2.74 bits per heavy atom. The number of unbranched alkanes of at least 4 members (excludes halogenated alkanes) is 1. The van der Waals surface area contributed by atoms with Gasteiger partial charge in [-0.25, -0.2) is 4.79 Å². The summed E-state index contributed by atoms with van der Waals surface area (Å²) in [6.45, 7) is 3.86. The number of ether oxygens (including phenoxy) is 1. The molecule has 0 spiro atoms. The van der Waals surface area contributed by atoms with Crippen LogP contribution in [0.5, 0.6) is 5.75 Å². The van der Waals surface area contributed by atoms with Crippen LogP contribution < -0.4 is 4.65 Å². The normalized spacial score (nSPS) is 15.7. The van der Waals surface area contributed by atoms with Crippen LogP contribution in [0.15, 0.2) is 18.2 Å². The summed E-state index contributed by atoms with van der Waals surface area (Å²) in [6, 6.07) is 5.20. The fourth-order valence-electron chi connectivity index (χ4n) is 3.13. The second-order valence-electron chi connectivity index (χ2n) is 7.05. The predicted molar refractivity (Wildman–Crippen MR) is 102 cm³/mol. The summed E-state index contributed by atoms with van der Waals surface area (Å²) >= 11 is 0. The monoisotopic (exact) mass is 374 g/mol. The van der Waals surface area contributed by atoms with E-state index < -0.39 is 13.1 Å². The van der Waals surface area contributed by atoms with Gasteiger partial charge in [-0.05, 0) is 37.8 Å². The maximum atomic E-state index is 12.3. The molecule has 0 aliphatic carbocycles. The zero-order chi connectivity index (χ0) is 19.8. The molecule has 0 unspecified atom stereocenters. The Morgan fingerprint density at radius 1 is 1.26 bits per heavy atom. The molecule has 1 aromatic rings. The SMILES string of the molecule is CCCCOC(=O)c1cccc2c1OB(O)[C@@H](CC(=O)CCCC(C)=O)C2. The topological polar surface area (TPSA) is 89.9 Å². The van der Waals surface area contributed by atoms with Gasteiger partial charge in [-0.2, -0.15) is 0 Å². The third-order valence-corrected chi connectivity index (χ3v) is 4.65. The average molecular weight is 374 g/mol. The molecule has 0 saturated carbocycles. The first-order valence-electron chi connectivity index (χ1n) is 9.57.